The fourth-order valence-electron chi connectivity index (χ4n) is 1.40. The fourth-order valence-corrected chi connectivity index (χ4v) is 1.86. The molecule has 0 aliphatic carbocycles. The van der Waals surface area contributed by atoms with E-state index in [0.717, 1.165) is 4.68 Å². The number of nitrogens with two attached hydrogens (primary N) is 1. The molecule has 1 heterocycles. The summed E-state index contributed by atoms with van der Waals surface area (Å²) in [5, 5.41) is 3.85. The lowest BCUT2D eigenvalue weighted by Crippen LogP contribution is -2.04. The molecule has 6 heteroatoms. The molecule has 0 amide bonds. The summed E-state index contributed by atoms with van der Waals surface area (Å²) in [5.74, 6) is 0. The molecule has 0 atom stereocenters. The predicted octanol–water partition coefficient (Wildman–Crippen LogP) is 3.15. The van der Waals surface area contributed by atoms with E-state index in [1.807, 2.05) is 0 Å². The summed E-state index contributed by atoms with van der Waals surface area (Å²) in [5.41, 5.74) is 5.69. The Kier molecular flexibility index (Phi) is 2.91. The SMILES string of the molecule is Nc1cnn(-c2ccccc2Br)c1C(F)F. The zero-order valence-electron chi connectivity index (χ0n) is 8.07. The van der Waals surface area contributed by atoms with Gasteiger partial charge in [-0.3, -0.25) is 0 Å². The lowest BCUT2D eigenvalue weighted by Gasteiger charge is -2.08. The van der Waals surface area contributed by atoms with Crippen LogP contribution in [0.1, 0.15) is 12.1 Å². The molecule has 16 heavy (non-hydrogen) atoms. The number of para-hydroxylation sites is 1. The van der Waals surface area contributed by atoms with Crippen molar-refractivity contribution in [3.63, 3.8) is 0 Å². The summed E-state index contributed by atoms with van der Waals surface area (Å²) < 4.78 is 27.4. The molecule has 84 valence electrons. The van der Waals surface area contributed by atoms with Crippen LogP contribution in [0.2, 0.25) is 0 Å². The van der Waals surface area contributed by atoms with E-state index in [2.05, 4.69) is 21.0 Å². The topological polar surface area (TPSA) is 43.8 Å². The maximum absolute atomic E-state index is 12.8. The van der Waals surface area contributed by atoms with Gasteiger partial charge in [0.05, 0.1) is 17.6 Å². The third kappa shape index (κ3) is 1.80. The molecule has 0 aliphatic heterocycles. The van der Waals surface area contributed by atoms with Crippen LogP contribution in [0.4, 0.5) is 14.5 Å². The van der Waals surface area contributed by atoms with Gasteiger partial charge in [0.25, 0.3) is 6.43 Å². The van der Waals surface area contributed by atoms with Crippen LogP contribution in [0.5, 0.6) is 0 Å². The van der Waals surface area contributed by atoms with E-state index in [0.29, 0.717) is 10.2 Å². The number of nitrogens with zero attached hydrogens (tertiary/aromatic N) is 2. The summed E-state index contributed by atoms with van der Waals surface area (Å²) in [6, 6.07) is 6.97. The fraction of sp³-hybridized carbons (Fsp3) is 0.100. The number of anilines is 1. The minimum absolute atomic E-state index is 0.00856. The largest absolute Gasteiger partial charge is 0.396 e. The van der Waals surface area contributed by atoms with E-state index in [9.17, 15) is 8.78 Å². The quantitative estimate of drug-likeness (QED) is 0.922. The molecule has 1 aromatic carbocycles. The van der Waals surface area contributed by atoms with Crippen molar-refractivity contribution in [1.82, 2.24) is 9.78 Å². The van der Waals surface area contributed by atoms with E-state index in [1.54, 1.807) is 24.3 Å². The molecule has 1 aromatic heterocycles. The Balaban J connectivity index is 2.61. The lowest BCUT2D eigenvalue weighted by atomic mass is 10.3. The van der Waals surface area contributed by atoms with Gasteiger partial charge >= 0.3 is 0 Å². The molecule has 2 N–H and O–H groups in total. The van der Waals surface area contributed by atoms with Crippen LogP contribution in [0.3, 0.4) is 0 Å². The monoisotopic (exact) mass is 287 g/mol. The highest BCUT2D eigenvalue weighted by molar-refractivity contribution is 9.10. The number of nitrogen functional groups attached to an aromatic ring is 1. The molecule has 3 nitrogen and oxygen atoms in total. The molecule has 0 saturated heterocycles. The Bertz CT molecular complexity index is 511. The molecule has 0 saturated carbocycles. The van der Waals surface area contributed by atoms with Crippen LogP contribution in [-0.4, -0.2) is 9.78 Å². The first kappa shape index (κ1) is 11.1. The Morgan fingerprint density at radius 2 is 2.00 bits per heavy atom. The molecule has 0 bridgehead atoms. The van der Waals surface area contributed by atoms with Crippen molar-refractivity contribution in [3.8, 4) is 5.69 Å². The molecule has 2 aromatic rings. The van der Waals surface area contributed by atoms with Crippen molar-refractivity contribution in [3.05, 3.63) is 40.6 Å². The minimum Gasteiger partial charge on any atom is -0.396 e. The summed E-state index contributed by atoms with van der Waals surface area (Å²) >= 11 is 3.28. The highest BCUT2D eigenvalue weighted by atomic mass is 79.9. The highest BCUT2D eigenvalue weighted by Crippen LogP contribution is 2.29. The van der Waals surface area contributed by atoms with Crippen molar-refractivity contribution < 1.29 is 8.78 Å². The zero-order chi connectivity index (χ0) is 11.7. The second-order valence-electron chi connectivity index (χ2n) is 3.15. The number of hydrogen-bond acceptors (Lipinski definition) is 2. The van der Waals surface area contributed by atoms with Crippen molar-refractivity contribution in [1.29, 1.82) is 0 Å². The predicted molar refractivity (Wildman–Crippen MR) is 60.6 cm³/mol. The normalized spacial score (nSPS) is 11.0. The summed E-state index contributed by atoms with van der Waals surface area (Å²) in [4.78, 5) is 0. The first-order valence-electron chi connectivity index (χ1n) is 4.47. The number of rotatable bonds is 2. The van der Waals surface area contributed by atoms with Crippen molar-refractivity contribution in [2.24, 2.45) is 0 Å². The number of hydrogen-bond donors (Lipinski definition) is 1. The minimum atomic E-state index is -2.66. The van der Waals surface area contributed by atoms with E-state index in [1.165, 1.54) is 6.20 Å². The standard InChI is InChI=1S/C10H8BrF2N3/c11-6-3-1-2-4-8(6)16-9(10(12)13)7(14)5-15-16/h1-5,10H,14H2. The molecule has 0 fully saturated rings. The van der Waals surface area contributed by atoms with Gasteiger partial charge in [0.15, 0.2) is 0 Å². The maximum atomic E-state index is 12.8. The zero-order valence-corrected chi connectivity index (χ0v) is 9.66. The number of benzene rings is 1. The molecular formula is C10H8BrF2N3. The molecule has 0 radical (unpaired) electrons. The molecule has 2 rings (SSSR count). The molecular weight excluding hydrogens is 280 g/mol. The Morgan fingerprint density at radius 1 is 1.31 bits per heavy atom. The third-order valence-electron chi connectivity index (χ3n) is 2.12. The van der Waals surface area contributed by atoms with Gasteiger partial charge in [-0.15, -0.1) is 0 Å². The van der Waals surface area contributed by atoms with Crippen LogP contribution in [0.15, 0.2) is 34.9 Å². The van der Waals surface area contributed by atoms with E-state index < -0.39 is 6.43 Å². The second-order valence-corrected chi connectivity index (χ2v) is 4.00. The molecule has 0 spiro atoms. The van der Waals surface area contributed by atoms with E-state index in [4.69, 9.17) is 5.73 Å². The van der Waals surface area contributed by atoms with E-state index >= 15 is 0 Å². The Hall–Kier alpha value is -1.43. The summed E-state index contributed by atoms with van der Waals surface area (Å²) in [6.45, 7) is 0. The Morgan fingerprint density at radius 3 is 2.62 bits per heavy atom. The van der Waals surface area contributed by atoms with E-state index in [-0.39, 0.29) is 11.4 Å². The van der Waals surface area contributed by atoms with Gasteiger partial charge in [-0.05, 0) is 28.1 Å². The maximum Gasteiger partial charge on any atom is 0.282 e. The van der Waals surface area contributed by atoms with Crippen LogP contribution in [0, 0.1) is 0 Å². The second kappa shape index (κ2) is 4.21. The van der Waals surface area contributed by atoms with Gasteiger partial charge in [-0.1, -0.05) is 12.1 Å². The lowest BCUT2D eigenvalue weighted by molar-refractivity contribution is 0.143. The van der Waals surface area contributed by atoms with Crippen LogP contribution >= 0.6 is 15.9 Å². The number of alkyl halides is 2. The number of aromatic nitrogens is 2. The van der Waals surface area contributed by atoms with Crippen molar-refractivity contribution in [2.45, 2.75) is 6.43 Å². The first-order valence-corrected chi connectivity index (χ1v) is 5.27. The van der Waals surface area contributed by atoms with Crippen molar-refractivity contribution in [2.75, 3.05) is 5.73 Å². The third-order valence-corrected chi connectivity index (χ3v) is 2.79. The first-order chi connectivity index (χ1) is 7.61. The van der Waals surface area contributed by atoms with Crippen LogP contribution in [0.25, 0.3) is 5.69 Å². The molecule has 0 aliphatic rings. The van der Waals surface area contributed by atoms with Gasteiger partial charge in [0.2, 0.25) is 0 Å². The summed E-state index contributed by atoms with van der Waals surface area (Å²) in [7, 11) is 0. The van der Waals surface area contributed by atoms with Gasteiger partial charge in [0.1, 0.15) is 5.69 Å². The van der Waals surface area contributed by atoms with Gasteiger partial charge in [0, 0.05) is 4.47 Å². The van der Waals surface area contributed by atoms with Crippen LogP contribution in [-0.2, 0) is 0 Å². The summed E-state index contributed by atoms with van der Waals surface area (Å²) in [6.07, 6.45) is -1.43. The highest BCUT2D eigenvalue weighted by Gasteiger charge is 2.20. The smallest absolute Gasteiger partial charge is 0.282 e. The van der Waals surface area contributed by atoms with Crippen molar-refractivity contribution >= 4 is 21.6 Å². The van der Waals surface area contributed by atoms with Gasteiger partial charge in [-0.2, -0.15) is 5.10 Å². The number of halogens is 3. The average molecular weight is 288 g/mol. The van der Waals surface area contributed by atoms with Crippen LogP contribution < -0.4 is 5.73 Å². The molecule has 0 unspecified atom stereocenters. The van der Waals surface area contributed by atoms with Gasteiger partial charge in [-0.25, -0.2) is 13.5 Å². The van der Waals surface area contributed by atoms with Gasteiger partial charge < -0.3 is 5.73 Å². The average Bonchev–Trinajstić information content (AvgIpc) is 2.61. The Labute approximate surface area is 99.0 Å².